The zero-order chi connectivity index (χ0) is 19.4. The fourth-order valence-corrected chi connectivity index (χ4v) is 3.25. The van der Waals surface area contributed by atoms with Gasteiger partial charge in [-0.15, -0.1) is 0 Å². The van der Waals surface area contributed by atoms with Gasteiger partial charge in [-0.05, 0) is 38.5 Å². The van der Waals surface area contributed by atoms with Gasteiger partial charge in [0.15, 0.2) is 0 Å². The first kappa shape index (κ1) is 18.9. The highest BCUT2D eigenvalue weighted by Gasteiger charge is 2.41. The van der Waals surface area contributed by atoms with Gasteiger partial charge in [-0.1, -0.05) is 30.3 Å². The molecule has 0 unspecified atom stereocenters. The Labute approximate surface area is 159 Å². The van der Waals surface area contributed by atoms with Crippen molar-refractivity contribution in [2.75, 3.05) is 18.4 Å². The third-order valence-corrected chi connectivity index (χ3v) is 4.47. The maximum Gasteiger partial charge on any atom is 0.410 e. The number of rotatable bonds is 3. The van der Waals surface area contributed by atoms with Crippen molar-refractivity contribution in [3.63, 3.8) is 0 Å². The predicted molar refractivity (Wildman–Crippen MR) is 103 cm³/mol. The summed E-state index contributed by atoms with van der Waals surface area (Å²) in [4.78, 5) is 31.1. The lowest BCUT2D eigenvalue weighted by Crippen LogP contribution is -2.36. The van der Waals surface area contributed by atoms with Crippen LogP contribution in [0.4, 0.5) is 10.5 Å². The number of amides is 2. The Morgan fingerprint density at radius 2 is 1.85 bits per heavy atom. The Bertz CT molecular complexity index is 787. The molecule has 1 N–H and O–H groups in total. The molecular weight excluding hydrogens is 342 g/mol. The number of nitrogens with zero attached hydrogens (tertiary/aromatic N) is 2. The summed E-state index contributed by atoms with van der Waals surface area (Å²) in [6.45, 7) is 6.28. The predicted octanol–water partition coefficient (Wildman–Crippen LogP) is 3.67. The number of hydrogen-bond acceptors (Lipinski definition) is 4. The monoisotopic (exact) mass is 367 g/mol. The van der Waals surface area contributed by atoms with Crippen LogP contribution in [0.5, 0.6) is 0 Å². The molecule has 2 heterocycles. The zero-order valence-corrected chi connectivity index (χ0v) is 15.9. The molecule has 6 heteroatoms. The number of carbonyl (C=O) groups excluding carboxylic acids is 2. The van der Waals surface area contributed by atoms with Gasteiger partial charge in [0.2, 0.25) is 5.91 Å². The molecule has 6 nitrogen and oxygen atoms in total. The SMILES string of the molecule is CC(C)(C)OC(=O)N1C[C@@H](C(=O)Nc2cccnc2)[C@H](c2ccccc2)C1. The molecule has 0 radical (unpaired) electrons. The highest BCUT2D eigenvalue weighted by molar-refractivity contribution is 5.94. The Morgan fingerprint density at radius 3 is 2.48 bits per heavy atom. The minimum Gasteiger partial charge on any atom is -0.444 e. The van der Waals surface area contributed by atoms with Gasteiger partial charge >= 0.3 is 6.09 Å². The van der Waals surface area contributed by atoms with Gasteiger partial charge in [-0.25, -0.2) is 4.79 Å². The van der Waals surface area contributed by atoms with Crippen LogP contribution in [-0.4, -0.2) is 40.6 Å². The normalized spacial score (nSPS) is 19.6. The summed E-state index contributed by atoms with van der Waals surface area (Å²) in [5, 5.41) is 2.91. The summed E-state index contributed by atoms with van der Waals surface area (Å²) < 4.78 is 5.50. The van der Waals surface area contributed by atoms with Gasteiger partial charge in [-0.3, -0.25) is 9.78 Å². The zero-order valence-electron chi connectivity index (χ0n) is 15.9. The van der Waals surface area contributed by atoms with Gasteiger partial charge in [0, 0.05) is 25.2 Å². The van der Waals surface area contributed by atoms with Crippen LogP contribution in [0.1, 0.15) is 32.3 Å². The summed E-state index contributed by atoms with van der Waals surface area (Å²) in [5.74, 6) is -0.571. The van der Waals surface area contributed by atoms with E-state index in [-0.39, 0.29) is 23.8 Å². The van der Waals surface area contributed by atoms with Gasteiger partial charge < -0.3 is 15.0 Å². The van der Waals surface area contributed by atoms with Crippen LogP contribution in [0.25, 0.3) is 0 Å². The maximum atomic E-state index is 12.9. The number of aromatic nitrogens is 1. The number of ether oxygens (including phenoxy) is 1. The van der Waals surface area contributed by atoms with E-state index < -0.39 is 5.60 Å². The molecule has 1 aliphatic rings. The quantitative estimate of drug-likeness (QED) is 0.898. The molecule has 1 aliphatic heterocycles. The average Bonchev–Trinajstić information content (AvgIpc) is 3.08. The largest absolute Gasteiger partial charge is 0.444 e. The minimum absolute atomic E-state index is 0.0876. The first-order chi connectivity index (χ1) is 12.8. The van der Waals surface area contributed by atoms with Crippen molar-refractivity contribution in [3.8, 4) is 0 Å². The van der Waals surface area contributed by atoms with E-state index in [0.29, 0.717) is 18.8 Å². The summed E-state index contributed by atoms with van der Waals surface area (Å²) in [6, 6.07) is 13.4. The number of benzene rings is 1. The highest BCUT2D eigenvalue weighted by Crippen LogP contribution is 2.34. The molecule has 0 bridgehead atoms. The lowest BCUT2D eigenvalue weighted by molar-refractivity contribution is -0.119. The molecule has 142 valence electrons. The summed E-state index contributed by atoms with van der Waals surface area (Å²) in [7, 11) is 0. The van der Waals surface area contributed by atoms with Crippen LogP contribution in [0, 0.1) is 5.92 Å². The Balaban J connectivity index is 1.80. The summed E-state index contributed by atoms with van der Waals surface area (Å²) in [5.41, 5.74) is 1.11. The van der Waals surface area contributed by atoms with Crippen molar-refractivity contribution in [2.24, 2.45) is 5.92 Å². The third-order valence-electron chi connectivity index (χ3n) is 4.47. The van der Waals surface area contributed by atoms with Crippen molar-refractivity contribution in [1.82, 2.24) is 9.88 Å². The van der Waals surface area contributed by atoms with E-state index >= 15 is 0 Å². The van der Waals surface area contributed by atoms with E-state index in [4.69, 9.17) is 4.74 Å². The second-order valence-electron chi connectivity index (χ2n) is 7.74. The molecule has 2 atom stereocenters. The van der Waals surface area contributed by atoms with Gasteiger partial charge in [-0.2, -0.15) is 0 Å². The van der Waals surface area contributed by atoms with E-state index in [1.807, 2.05) is 51.1 Å². The molecule has 0 saturated carbocycles. The van der Waals surface area contributed by atoms with Gasteiger partial charge in [0.05, 0.1) is 17.8 Å². The van der Waals surface area contributed by atoms with Crippen LogP contribution in [-0.2, 0) is 9.53 Å². The lowest BCUT2D eigenvalue weighted by Gasteiger charge is -2.24. The molecule has 1 aromatic carbocycles. The Morgan fingerprint density at radius 1 is 1.11 bits per heavy atom. The smallest absolute Gasteiger partial charge is 0.410 e. The van der Waals surface area contributed by atoms with E-state index in [9.17, 15) is 9.59 Å². The number of hydrogen-bond donors (Lipinski definition) is 1. The topological polar surface area (TPSA) is 71.5 Å². The molecule has 2 amide bonds. The van der Waals surface area contributed by atoms with Gasteiger partial charge in [0.1, 0.15) is 5.60 Å². The highest BCUT2D eigenvalue weighted by atomic mass is 16.6. The maximum absolute atomic E-state index is 12.9. The first-order valence-electron chi connectivity index (χ1n) is 9.07. The van der Waals surface area contributed by atoms with Crippen molar-refractivity contribution in [1.29, 1.82) is 0 Å². The number of nitrogens with one attached hydrogen (secondary N) is 1. The Kier molecular flexibility index (Phi) is 5.44. The van der Waals surface area contributed by atoms with Crippen LogP contribution in [0.3, 0.4) is 0 Å². The fourth-order valence-electron chi connectivity index (χ4n) is 3.25. The van der Waals surface area contributed by atoms with E-state index in [2.05, 4.69) is 10.3 Å². The number of likely N-dealkylation sites (tertiary alicyclic amines) is 1. The summed E-state index contributed by atoms with van der Waals surface area (Å²) >= 11 is 0. The first-order valence-corrected chi connectivity index (χ1v) is 9.07. The molecule has 0 spiro atoms. The molecular formula is C21H25N3O3. The van der Waals surface area contributed by atoms with Crippen LogP contribution >= 0.6 is 0 Å². The molecule has 3 rings (SSSR count). The molecule has 2 aromatic rings. The molecule has 1 fully saturated rings. The van der Waals surface area contributed by atoms with Gasteiger partial charge in [0.25, 0.3) is 0 Å². The third kappa shape index (κ3) is 4.84. The standard InChI is InChI=1S/C21H25N3O3/c1-21(2,3)27-20(26)24-13-17(15-8-5-4-6-9-15)18(14-24)19(25)23-16-10-7-11-22-12-16/h4-12,17-18H,13-14H2,1-3H3,(H,23,25)/t17-,18+/m0/s1. The minimum atomic E-state index is -0.574. The molecule has 0 aliphatic carbocycles. The second-order valence-corrected chi connectivity index (χ2v) is 7.74. The van der Waals surface area contributed by atoms with Crippen molar-refractivity contribution < 1.29 is 14.3 Å². The van der Waals surface area contributed by atoms with E-state index in [1.165, 1.54) is 0 Å². The van der Waals surface area contributed by atoms with Crippen molar-refractivity contribution in [3.05, 3.63) is 60.4 Å². The fraction of sp³-hybridized carbons (Fsp3) is 0.381. The molecule has 27 heavy (non-hydrogen) atoms. The van der Waals surface area contributed by atoms with E-state index in [1.54, 1.807) is 29.4 Å². The second kappa shape index (κ2) is 7.78. The van der Waals surface area contributed by atoms with Crippen LogP contribution in [0.15, 0.2) is 54.9 Å². The number of carbonyl (C=O) groups is 2. The lowest BCUT2D eigenvalue weighted by atomic mass is 9.88. The number of anilines is 1. The van der Waals surface area contributed by atoms with Crippen LogP contribution in [0.2, 0.25) is 0 Å². The molecule has 1 saturated heterocycles. The van der Waals surface area contributed by atoms with Crippen molar-refractivity contribution in [2.45, 2.75) is 32.3 Å². The number of pyridine rings is 1. The molecule has 1 aromatic heterocycles. The van der Waals surface area contributed by atoms with Crippen molar-refractivity contribution >= 4 is 17.7 Å². The Hall–Kier alpha value is -2.89. The average molecular weight is 367 g/mol. The van der Waals surface area contributed by atoms with Crippen LogP contribution < -0.4 is 5.32 Å². The van der Waals surface area contributed by atoms with E-state index in [0.717, 1.165) is 5.56 Å². The summed E-state index contributed by atoms with van der Waals surface area (Å²) in [6.07, 6.45) is 2.87.